The van der Waals surface area contributed by atoms with Crippen molar-refractivity contribution in [3.63, 3.8) is 0 Å². The molecule has 0 saturated carbocycles. The summed E-state index contributed by atoms with van der Waals surface area (Å²) in [6.07, 6.45) is 10.5. The predicted octanol–water partition coefficient (Wildman–Crippen LogP) is 3.40. The number of carbonyl (C=O) groups is 2. The molecule has 1 aliphatic heterocycles. The molecular formula is C23H32ClN3O4S. The number of piperidine rings is 1. The van der Waals surface area contributed by atoms with Gasteiger partial charge in [0, 0.05) is 30.7 Å². The molecule has 3 rings (SSSR count). The highest BCUT2D eigenvalue weighted by Crippen LogP contribution is 2.27. The lowest BCUT2D eigenvalue weighted by Crippen LogP contribution is -2.46. The van der Waals surface area contributed by atoms with Crippen LogP contribution < -0.4 is 10.6 Å². The van der Waals surface area contributed by atoms with E-state index in [1.54, 1.807) is 12.1 Å². The largest absolute Gasteiger partial charge is 0.348 e. The standard InChI is InChI=1S/C23H32ClN3O4S/c24-19-9-11-21(12-10-19)32(30,31)27-17-5-4-8-20(27)14-16-26-23(29)22(28)25-15-13-18-6-2-1-3-7-18/h6,9-12,20H,1-5,7-8,13-17H2,(H,25,28)(H,26,29). The van der Waals surface area contributed by atoms with Crippen LogP contribution in [0.4, 0.5) is 0 Å². The number of nitrogens with one attached hydrogen (secondary N) is 2. The van der Waals surface area contributed by atoms with Crippen LogP contribution in [0.3, 0.4) is 0 Å². The maximum absolute atomic E-state index is 13.1. The van der Waals surface area contributed by atoms with E-state index in [9.17, 15) is 18.0 Å². The molecular weight excluding hydrogens is 450 g/mol. The van der Waals surface area contributed by atoms with E-state index in [0.717, 1.165) is 38.5 Å². The number of allylic oxidation sites excluding steroid dienone is 1. The molecule has 1 saturated heterocycles. The summed E-state index contributed by atoms with van der Waals surface area (Å²) in [6, 6.07) is 5.94. The van der Waals surface area contributed by atoms with Crippen molar-refractivity contribution in [1.29, 1.82) is 0 Å². The molecule has 2 N–H and O–H groups in total. The normalized spacial score (nSPS) is 19.8. The number of amides is 2. The molecule has 7 nitrogen and oxygen atoms in total. The monoisotopic (exact) mass is 481 g/mol. The molecule has 1 atom stereocenters. The van der Waals surface area contributed by atoms with Crippen molar-refractivity contribution in [3.8, 4) is 0 Å². The molecule has 0 bridgehead atoms. The van der Waals surface area contributed by atoms with E-state index < -0.39 is 21.8 Å². The average molecular weight is 482 g/mol. The molecule has 1 aliphatic carbocycles. The number of hydrogen-bond acceptors (Lipinski definition) is 4. The van der Waals surface area contributed by atoms with Gasteiger partial charge in [0.1, 0.15) is 0 Å². The Bertz CT molecular complexity index is 931. The van der Waals surface area contributed by atoms with Crippen LogP contribution in [0.5, 0.6) is 0 Å². The smallest absolute Gasteiger partial charge is 0.309 e. The van der Waals surface area contributed by atoms with Gasteiger partial charge in [0.25, 0.3) is 0 Å². The van der Waals surface area contributed by atoms with Crippen LogP contribution in [-0.4, -0.2) is 50.2 Å². The van der Waals surface area contributed by atoms with Crippen LogP contribution in [-0.2, 0) is 19.6 Å². The van der Waals surface area contributed by atoms with Crippen molar-refractivity contribution >= 4 is 33.4 Å². The second-order valence-corrected chi connectivity index (χ2v) is 10.7. The van der Waals surface area contributed by atoms with E-state index in [1.165, 1.54) is 34.9 Å². The van der Waals surface area contributed by atoms with E-state index in [2.05, 4.69) is 16.7 Å². The van der Waals surface area contributed by atoms with Crippen molar-refractivity contribution < 1.29 is 18.0 Å². The highest BCUT2D eigenvalue weighted by molar-refractivity contribution is 7.89. The van der Waals surface area contributed by atoms with Gasteiger partial charge in [0.2, 0.25) is 10.0 Å². The number of hydrogen-bond donors (Lipinski definition) is 2. The molecule has 2 amide bonds. The number of nitrogens with zero attached hydrogens (tertiary/aromatic N) is 1. The number of rotatable bonds is 8. The first-order chi connectivity index (χ1) is 15.4. The third-order valence-corrected chi connectivity index (χ3v) is 8.30. The van der Waals surface area contributed by atoms with Crippen molar-refractivity contribution in [1.82, 2.24) is 14.9 Å². The third kappa shape index (κ3) is 6.80. The summed E-state index contributed by atoms with van der Waals surface area (Å²) >= 11 is 5.89. The number of carbonyl (C=O) groups excluding carboxylic acids is 2. The first-order valence-electron chi connectivity index (χ1n) is 11.4. The van der Waals surface area contributed by atoms with Crippen LogP contribution in [0.15, 0.2) is 40.8 Å². The minimum atomic E-state index is -3.64. The van der Waals surface area contributed by atoms with Gasteiger partial charge in [-0.05, 0) is 75.6 Å². The zero-order chi connectivity index (χ0) is 23.0. The molecule has 9 heteroatoms. The van der Waals surface area contributed by atoms with Crippen LogP contribution >= 0.6 is 11.6 Å². The zero-order valence-electron chi connectivity index (χ0n) is 18.3. The number of sulfonamides is 1. The second-order valence-electron chi connectivity index (χ2n) is 8.38. The van der Waals surface area contributed by atoms with Crippen LogP contribution in [0, 0.1) is 0 Å². The summed E-state index contributed by atoms with van der Waals surface area (Å²) in [6.45, 7) is 1.14. The maximum Gasteiger partial charge on any atom is 0.309 e. The SMILES string of the molecule is O=C(NCCC1=CCCCC1)C(=O)NCCC1CCCCN1S(=O)(=O)c1ccc(Cl)cc1. The van der Waals surface area contributed by atoms with Crippen LogP contribution in [0.25, 0.3) is 0 Å². The summed E-state index contributed by atoms with van der Waals surface area (Å²) in [5.74, 6) is -1.32. The Morgan fingerprint density at radius 1 is 1.00 bits per heavy atom. The Morgan fingerprint density at radius 2 is 1.72 bits per heavy atom. The minimum Gasteiger partial charge on any atom is -0.348 e. The zero-order valence-corrected chi connectivity index (χ0v) is 19.9. The number of benzene rings is 1. The fraction of sp³-hybridized carbons (Fsp3) is 0.565. The molecule has 0 aromatic heterocycles. The van der Waals surface area contributed by atoms with Gasteiger partial charge in [0.05, 0.1) is 4.90 Å². The summed E-state index contributed by atoms with van der Waals surface area (Å²) in [5.41, 5.74) is 1.34. The lowest BCUT2D eigenvalue weighted by Gasteiger charge is -2.34. The third-order valence-electron chi connectivity index (χ3n) is 6.08. The molecule has 176 valence electrons. The van der Waals surface area contributed by atoms with Gasteiger partial charge in [-0.15, -0.1) is 0 Å². The summed E-state index contributed by atoms with van der Waals surface area (Å²) in [7, 11) is -3.64. The van der Waals surface area contributed by atoms with E-state index in [1.807, 2.05) is 0 Å². The lowest BCUT2D eigenvalue weighted by molar-refractivity contribution is -0.139. The molecule has 32 heavy (non-hydrogen) atoms. The van der Waals surface area contributed by atoms with E-state index in [-0.39, 0.29) is 17.5 Å². The Balaban J connectivity index is 1.46. The molecule has 2 aliphatic rings. The Morgan fingerprint density at radius 3 is 2.41 bits per heavy atom. The van der Waals surface area contributed by atoms with Gasteiger partial charge < -0.3 is 10.6 Å². The lowest BCUT2D eigenvalue weighted by atomic mass is 9.97. The molecule has 1 aromatic rings. The molecule has 1 unspecified atom stereocenters. The van der Waals surface area contributed by atoms with Gasteiger partial charge in [0.15, 0.2) is 0 Å². The minimum absolute atomic E-state index is 0.213. The van der Waals surface area contributed by atoms with Gasteiger partial charge >= 0.3 is 11.8 Å². The quantitative estimate of drug-likeness (QED) is 0.439. The maximum atomic E-state index is 13.1. The highest BCUT2D eigenvalue weighted by atomic mass is 35.5. The summed E-state index contributed by atoms with van der Waals surface area (Å²) in [5, 5.41) is 5.78. The average Bonchev–Trinajstić information content (AvgIpc) is 2.80. The van der Waals surface area contributed by atoms with Crippen molar-refractivity contribution in [3.05, 3.63) is 40.9 Å². The summed E-state index contributed by atoms with van der Waals surface area (Å²) in [4.78, 5) is 24.4. The van der Waals surface area contributed by atoms with Gasteiger partial charge in [-0.1, -0.05) is 29.7 Å². The van der Waals surface area contributed by atoms with E-state index in [0.29, 0.717) is 24.5 Å². The topological polar surface area (TPSA) is 95.6 Å². The second kappa shape index (κ2) is 11.8. The molecule has 1 aromatic carbocycles. The molecule has 1 fully saturated rings. The van der Waals surface area contributed by atoms with Crippen molar-refractivity contribution in [2.45, 2.75) is 68.7 Å². The fourth-order valence-corrected chi connectivity index (χ4v) is 6.15. The Labute approximate surface area is 195 Å². The van der Waals surface area contributed by atoms with Crippen LogP contribution in [0.1, 0.15) is 57.8 Å². The van der Waals surface area contributed by atoms with Crippen LogP contribution in [0.2, 0.25) is 5.02 Å². The van der Waals surface area contributed by atoms with Gasteiger partial charge in [-0.25, -0.2) is 8.42 Å². The van der Waals surface area contributed by atoms with E-state index >= 15 is 0 Å². The van der Waals surface area contributed by atoms with Crippen molar-refractivity contribution in [2.24, 2.45) is 0 Å². The Kier molecular flexibility index (Phi) is 9.13. The molecule has 0 spiro atoms. The van der Waals surface area contributed by atoms with Gasteiger partial charge in [-0.2, -0.15) is 4.31 Å². The highest BCUT2D eigenvalue weighted by Gasteiger charge is 2.33. The first kappa shape index (κ1) is 24.7. The predicted molar refractivity (Wildman–Crippen MR) is 125 cm³/mol. The first-order valence-corrected chi connectivity index (χ1v) is 13.2. The summed E-state index contributed by atoms with van der Waals surface area (Å²) < 4.78 is 27.7. The molecule has 0 radical (unpaired) electrons. The van der Waals surface area contributed by atoms with E-state index in [4.69, 9.17) is 11.6 Å². The Hall–Kier alpha value is -1.90. The van der Waals surface area contributed by atoms with Crippen molar-refractivity contribution in [2.75, 3.05) is 19.6 Å². The molecule has 1 heterocycles. The fourth-order valence-electron chi connectivity index (χ4n) is 4.30. The number of halogens is 1. The van der Waals surface area contributed by atoms with Gasteiger partial charge in [-0.3, -0.25) is 9.59 Å².